The van der Waals surface area contributed by atoms with Crippen LogP contribution in [0.3, 0.4) is 0 Å². The Labute approximate surface area is 205 Å². The van der Waals surface area contributed by atoms with Crippen molar-refractivity contribution in [3.8, 4) is 11.3 Å². The maximum atomic E-state index is 13.5. The van der Waals surface area contributed by atoms with Crippen LogP contribution in [-0.2, 0) is 19.0 Å². The van der Waals surface area contributed by atoms with E-state index in [1.165, 1.54) is 12.1 Å². The molecular formula is C27H35FN2O5. The highest BCUT2D eigenvalue weighted by Crippen LogP contribution is 2.32. The number of hydrogen-bond donors (Lipinski definition) is 1. The lowest BCUT2D eigenvalue weighted by atomic mass is 9.94. The maximum Gasteiger partial charge on any atom is 0.308 e. The van der Waals surface area contributed by atoms with Gasteiger partial charge in [0.15, 0.2) is 5.79 Å². The molecule has 1 aromatic heterocycles. The Morgan fingerprint density at radius 3 is 2.51 bits per heavy atom. The van der Waals surface area contributed by atoms with Gasteiger partial charge in [-0.3, -0.25) is 9.59 Å². The molecule has 1 saturated heterocycles. The number of hydrogen-bond acceptors (Lipinski definition) is 6. The molecule has 1 N–H and O–H groups in total. The average molecular weight is 487 g/mol. The van der Waals surface area contributed by atoms with Crippen molar-refractivity contribution in [3.63, 3.8) is 0 Å². The van der Waals surface area contributed by atoms with Crippen molar-refractivity contribution >= 4 is 12.0 Å². The summed E-state index contributed by atoms with van der Waals surface area (Å²) in [6.45, 7) is 12.9. The topological polar surface area (TPSA) is 90.5 Å². The minimum Gasteiger partial charge on any atom is -0.460 e. The zero-order chi connectivity index (χ0) is 26.0. The summed E-state index contributed by atoms with van der Waals surface area (Å²) in [7, 11) is 0. The van der Waals surface area contributed by atoms with Crippen molar-refractivity contribution in [2.75, 3.05) is 0 Å². The molecule has 0 spiro atoms. The largest absolute Gasteiger partial charge is 0.460 e. The molecule has 7 nitrogen and oxygen atoms in total. The van der Waals surface area contributed by atoms with Gasteiger partial charge in [0.05, 0.1) is 24.3 Å². The van der Waals surface area contributed by atoms with E-state index in [1.54, 1.807) is 26.0 Å². The van der Waals surface area contributed by atoms with Crippen LogP contribution < -0.4 is 5.56 Å². The Balaban J connectivity index is 1.92. The zero-order valence-corrected chi connectivity index (χ0v) is 21.5. The average Bonchev–Trinajstić information content (AvgIpc) is 2.70. The Kier molecular flexibility index (Phi) is 7.97. The maximum absolute atomic E-state index is 13.5. The van der Waals surface area contributed by atoms with E-state index in [0.717, 1.165) is 0 Å². The molecular weight excluding hydrogens is 451 g/mol. The van der Waals surface area contributed by atoms with E-state index < -0.39 is 11.4 Å². The number of aromatic amines is 1. The first-order chi connectivity index (χ1) is 16.2. The second kappa shape index (κ2) is 10.4. The van der Waals surface area contributed by atoms with Gasteiger partial charge in [0.25, 0.3) is 5.56 Å². The van der Waals surface area contributed by atoms with Gasteiger partial charge in [-0.05, 0) is 64.8 Å². The molecule has 0 unspecified atom stereocenters. The van der Waals surface area contributed by atoms with Crippen LogP contribution in [0.2, 0.25) is 0 Å². The van der Waals surface area contributed by atoms with E-state index in [4.69, 9.17) is 14.2 Å². The molecule has 2 atom stereocenters. The van der Waals surface area contributed by atoms with Crippen LogP contribution in [0.4, 0.5) is 4.39 Å². The van der Waals surface area contributed by atoms with E-state index in [1.807, 2.05) is 46.8 Å². The molecule has 0 aliphatic carbocycles. The zero-order valence-electron chi connectivity index (χ0n) is 21.5. The minimum absolute atomic E-state index is 0.0763. The second-order valence-corrected chi connectivity index (χ2v) is 10.6. The van der Waals surface area contributed by atoms with Crippen molar-refractivity contribution < 1.29 is 23.4 Å². The number of aromatic nitrogens is 2. The number of nitrogens with zero attached hydrogens (tertiary/aromatic N) is 1. The number of benzene rings is 1. The lowest BCUT2D eigenvalue weighted by molar-refractivity contribution is -0.290. The fourth-order valence-corrected chi connectivity index (χ4v) is 4.21. The number of carbonyl (C=O) groups is 1. The first kappa shape index (κ1) is 26.8. The quantitative estimate of drug-likeness (QED) is 0.553. The molecule has 2 aromatic rings. The minimum atomic E-state index is -0.910. The molecule has 190 valence electrons. The van der Waals surface area contributed by atoms with Crippen LogP contribution >= 0.6 is 0 Å². The standard InChI is InChI=1S/C27H35FN2O5/c1-16(2)23-21(24(29-30-25(23)32)17-8-10-18(28)11-9-17)13-12-19-14-20(34-27(6,7)33-19)15-22(31)35-26(3,4)5/h8-13,16,19-20H,14-15H2,1-7H3,(H,30,32)/b13-12+/t19-,20-/m1/s1. The molecule has 1 aliphatic heterocycles. The molecule has 1 aliphatic rings. The second-order valence-electron chi connectivity index (χ2n) is 10.6. The van der Waals surface area contributed by atoms with Crippen molar-refractivity contribution in [1.29, 1.82) is 0 Å². The molecule has 0 bridgehead atoms. The lowest BCUT2D eigenvalue weighted by Gasteiger charge is -2.39. The third-order valence-corrected chi connectivity index (χ3v) is 5.43. The number of H-pyrrole nitrogens is 1. The molecule has 0 amide bonds. The highest BCUT2D eigenvalue weighted by molar-refractivity contribution is 5.74. The van der Waals surface area contributed by atoms with Gasteiger partial charge in [-0.2, -0.15) is 5.10 Å². The normalized spacial score (nSPS) is 20.4. The summed E-state index contributed by atoms with van der Waals surface area (Å²) in [5.41, 5.74) is 1.59. The Morgan fingerprint density at radius 2 is 1.91 bits per heavy atom. The first-order valence-corrected chi connectivity index (χ1v) is 11.9. The van der Waals surface area contributed by atoms with E-state index in [9.17, 15) is 14.0 Å². The Morgan fingerprint density at radius 1 is 1.26 bits per heavy atom. The van der Waals surface area contributed by atoms with Gasteiger partial charge in [-0.25, -0.2) is 9.49 Å². The summed E-state index contributed by atoms with van der Waals surface area (Å²) in [4.78, 5) is 25.0. The summed E-state index contributed by atoms with van der Waals surface area (Å²) >= 11 is 0. The monoisotopic (exact) mass is 486 g/mol. The van der Waals surface area contributed by atoms with E-state index in [-0.39, 0.29) is 41.9 Å². The summed E-state index contributed by atoms with van der Waals surface area (Å²) in [5, 5.41) is 6.83. The number of ether oxygens (including phenoxy) is 3. The smallest absolute Gasteiger partial charge is 0.308 e. The highest BCUT2D eigenvalue weighted by atomic mass is 19.1. The summed E-state index contributed by atoms with van der Waals surface area (Å²) < 4.78 is 31.0. The van der Waals surface area contributed by atoms with Crippen LogP contribution in [0.15, 0.2) is 35.1 Å². The third-order valence-electron chi connectivity index (χ3n) is 5.43. The number of rotatable bonds is 6. The molecule has 8 heteroatoms. The van der Waals surface area contributed by atoms with Gasteiger partial charge in [-0.15, -0.1) is 0 Å². The molecule has 35 heavy (non-hydrogen) atoms. The molecule has 0 saturated carbocycles. The number of carbonyl (C=O) groups excluding carboxylic acids is 1. The molecule has 1 aromatic carbocycles. The van der Waals surface area contributed by atoms with Crippen molar-refractivity contribution in [1.82, 2.24) is 10.2 Å². The van der Waals surface area contributed by atoms with Gasteiger partial charge in [0.1, 0.15) is 11.4 Å². The van der Waals surface area contributed by atoms with Crippen LogP contribution in [-0.4, -0.2) is 39.8 Å². The van der Waals surface area contributed by atoms with Crippen LogP contribution in [0.1, 0.15) is 78.4 Å². The lowest BCUT2D eigenvalue weighted by Crippen LogP contribution is -2.45. The van der Waals surface area contributed by atoms with Crippen molar-refractivity contribution in [2.24, 2.45) is 0 Å². The fourth-order valence-electron chi connectivity index (χ4n) is 4.21. The highest BCUT2D eigenvalue weighted by Gasteiger charge is 2.36. The Bertz CT molecular complexity index is 1130. The summed E-state index contributed by atoms with van der Waals surface area (Å²) in [6, 6.07) is 5.97. The van der Waals surface area contributed by atoms with Crippen LogP contribution in [0, 0.1) is 5.82 Å². The van der Waals surface area contributed by atoms with Crippen molar-refractivity contribution in [2.45, 2.75) is 90.8 Å². The predicted octanol–water partition coefficient (Wildman–Crippen LogP) is 5.35. The molecule has 1 fully saturated rings. The van der Waals surface area contributed by atoms with Gasteiger partial charge in [-0.1, -0.05) is 26.0 Å². The SMILES string of the molecule is CC(C)c1c(/C=C/[C@@H]2C[C@H](CC(=O)OC(C)(C)C)OC(C)(C)O2)c(-c2ccc(F)cc2)n[nH]c1=O. The first-order valence-electron chi connectivity index (χ1n) is 11.9. The number of halogens is 1. The third kappa shape index (κ3) is 7.32. The van der Waals surface area contributed by atoms with Crippen LogP contribution in [0.5, 0.6) is 0 Å². The summed E-state index contributed by atoms with van der Waals surface area (Å²) in [6.07, 6.45) is 3.49. The van der Waals surface area contributed by atoms with E-state index in [2.05, 4.69) is 10.2 Å². The van der Waals surface area contributed by atoms with Gasteiger partial charge < -0.3 is 14.2 Å². The molecule has 3 rings (SSSR count). The van der Waals surface area contributed by atoms with Gasteiger partial charge in [0, 0.05) is 23.1 Å². The van der Waals surface area contributed by atoms with Gasteiger partial charge >= 0.3 is 5.97 Å². The van der Waals surface area contributed by atoms with Crippen molar-refractivity contribution in [3.05, 3.63) is 57.6 Å². The van der Waals surface area contributed by atoms with Crippen LogP contribution in [0.25, 0.3) is 17.3 Å². The predicted molar refractivity (Wildman–Crippen MR) is 132 cm³/mol. The van der Waals surface area contributed by atoms with Gasteiger partial charge in [0.2, 0.25) is 0 Å². The molecule has 0 radical (unpaired) electrons. The van der Waals surface area contributed by atoms with E-state index in [0.29, 0.717) is 28.8 Å². The molecule has 2 heterocycles. The number of nitrogens with one attached hydrogen (secondary N) is 1. The van der Waals surface area contributed by atoms with E-state index >= 15 is 0 Å². The summed E-state index contributed by atoms with van der Waals surface area (Å²) in [5.74, 6) is -1.67. The Hall–Kier alpha value is -2.84. The fraction of sp³-hybridized carbons (Fsp3) is 0.519. The number of esters is 1.